The van der Waals surface area contributed by atoms with Gasteiger partial charge in [0.2, 0.25) is 0 Å². The van der Waals surface area contributed by atoms with Crippen molar-refractivity contribution in [1.82, 2.24) is 0 Å². The van der Waals surface area contributed by atoms with E-state index in [2.05, 4.69) is 84.4 Å². The van der Waals surface area contributed by atoms with Gasteiger partial charge in [0.25, 0.3) is 12.4 Å². The number of aldehydes is 2. The fourth-order valence-corrected chi connectivity index (χ4v) is 0. The van der Waals surface area contributed by atoms with Crippen molar-refractivity contribution < 1.29 is 298 Å². The average molecular weight is 1670 g/mol. The number of allylic oxidation sites excluding steroid dienone is 4. The molecule has 3 radical (unpaired) electrons. The molecular formula is C64H164B3Br2F2K3NaO21S. The number of aliphatic carboxylic acids is 1. The van der Waals surface area contributed by atoms with Gasteiger partial charge in [-0.1, -0.05) is 226 Å². The van der Waals surface area contributed by atoms with Crippen molar-refractivity contribution in [2.75, 3.05) is 61.2 Å². The number of carbonyl (C=O) groups is 6. The molecule has 0 fully saturated rings. The number of alkyl halides is 3. The summed E-state index contributed by atoms with van der Waals surface area (Å²) >= 11 is 7.62. The smallest absolute Gasteiger partial charge is 1.00 e. The number of aliphatic hydroxyl groups excluding tert-OH is 2. The Bertz CT molecular complexity index is 924. The van der Waals surface area contributed by atoms with Crippen LogP contribution in [0.2, 0.25) is 13.6 Å². The Morgan fingerprint density at radius 2 is 0.629 bits per heavy atom. The number of unbranched alkanes of at least 4 members (excludes halogenated alkanes) is 1. The van der Waals surface area contributed by atoms with Crippen LogP contribution in [0, 0.1) is 0 Å². The predicted octanol–water partition coefficient (Wildman–Crippen LogP) is 4.54. The maximum atomic E-state index is 11.2. The maximum absolute atomic E-state index is 11.2. The molecule has 0 atom stereocenters. The van der Waals surface area contributed by atoms with Gasteiger partial charge in [-0.05, 0) is 81.3 Å². The number of carbonyl (C=O) groups excluding carboxylic acids is 5. The number of thiocarbonyl (C=S) groups is 1. The Kier molecular flexibility index (Phi) is 791. The van der Waals surface area contributed by atoms with Crippen molar-refractivity contribution in [3.05, 3.63) is 24.3 Å². The normalized spacial score (nSPS) is 6.23. The summed E-state index contributed by atoms with van der Waals surface area (Å²) in [5, 5.41) is 72.6. The number of rotatable bonds is 4. The number of hydrogen-bond donors (Lipinski definition) is 7. The van der Waals surface area contributed by atoms with Gasteiger partial charge in [-0.2, -0.15) is 8.78 Å². The number of halogens is 4. The summed E-state index contributed by atoms with van der Waals surface area (Å²) in [6, 6.07) is 0. The first-order valence-corrected chi connectivity index (χ1v) is 32.2. The van der Waals surface area contributed by atoms with Crippen LogP contribution in [0.1, 0.15) is 278 Å². The number of esters is 2. The van der Waals surface area contributed by atoms with E-state index in [1.807, 2.05) is 177 Å². The van der Waals surface area contributed by atoms with Crippen LogP contribution in [0.15, 0.2) is 24.3 Å². The SMILES string of the molecule is Br.CB(O)O.CB(O)O.CC.CC.CC.CC.CC.CC.CC.CC.CC(=O)O.CC(C)(C)[O-].CC=CC.CC=CC.CC=O.CC=O.CCBr.CCC.CCCC.CCO.CCOC.CO.COC(C)(F)F.COC(C)=O.COC(C)=O.COC(C)=S.O=CO[O-].[B].[H-].[H-].[K+].[K+].[K+].[Na+]. The summed E-state index contributed by atoms with van der Waals surface area (Å²) in [4.78, 5) is 57.0. The van der Waals surface area contributed by atoms with Crippen LogP contribution in [0.3, 0.4) is 0 Å². The first kappa shape index (κ1) is 218. The predicted molar refractivity (Wildman–Crippen MR) is 419 cm³/mol. The molecule has 21 nitrogen and oxygen atoms in total. The Morgan fingerprint density at radius 3 is 0.629 bits per heavy atom. The van der Waals surface area contributed by atoms with E-state index in [-0.39, 0.29) is 237 Å². The second-order valence-electron chi connectivity index (χ2n) is 11.9. The zero-order chi connectivity index (χ0) is 81.9. The van der Waals surface area contributed by atoms with Gasteiger partial charge in [-0.25, -0.2) is 0 Å². The van der Waals surface area contributed by atoms with Gasteiger partial charge in [0.05, 0.1) is 21.3 Å². The molecule has 0 aromatic heterocycles. The Morgan fingerprint density at radius 1 is 0.557 bits per heavy atom. The summed E-state index contributed by atoms with van der Waals surface area (Å²) in [5.41, 5.74) is -0.750. The fraction of sp³-hybridized carbons (Fsp3) is 0.828. The number of methoxy groups -OCH3 is 5. The Balaban J connectivity index is -0.0000000131. The van der Waals surface area contributed by atoms with Gasteiger partial charge in [0.1, 0.15) is 12.6 Å². The third kappa shape index (κ3) is 3190. The quantitative estimate of drug-likeness (QED) is 0.0297. The molecule has 0 unspecified atom stereocenters. The molecule has 0 saturated heterocycles. The van der Waals surface area contributed by atoms with Crippen molar-refractivity contribution in [2.24, 2.45) is 0 Å². The molecule has 97 heavy (non-hydrogen) atoms. The van der Waals surface area contributed by atoms with Crippen LogP contribution >= 0.6 is 45.1 Å². The van der Waals surface area contributed by atoms with E-state index in [9.17, 15) is 23.5 Å². The molecule has 7 N–H and O–H groups in total. The second-order valence-corrected chi connectivity index (χ2v) is 13.6. The molecule has 0 aliphatic rings. The Labute approximate surface area is 783 Å². The molecule has 0 rings (SSSR count). The van der Waals surface area contributed by atoms with Crippen LogP contribution in [-0.4, -0.2) is 173 Å². The van der Waals surface area contributed by atoms with E-state index in [4.69, 9.17) is 59.9 Å². The number of carboxylic acids is 1. The van der Waals surface area contributed by atoms with Crippen molar-refractivity contribution in [1.29, 1.82) is 0 Å². The van der Waals surface area contributed by atoms with E-state index in [1.165, 1.54) is 74.8 Å². The van der Waals surface area contributed by atoms with Crippen LogP contribution < -0.4 is 194 Å². The van der Waals surface area contributed by atoms with Gasteiger partial charge >= 0.3 is 216 Å². The van der Waals surface area contributed by atoms with Crippen LogP contribution in [0.25, 0.3) is 0 Å². The van der Waals surface area contributed by atoms with Crippen molar-refractivity contribution in [2.45, 2.75) is 301 Å². The Hall–Kier alpha value is 3.11. The molecule has 0 aromatic carbocycles. The van der Waals surface area contributed by atoms with Gasteiger partial charge in [0, 0.05) is 82.9 Å². The van der Waals surface area contributed by atoms with E-state index >= 15 is 0 Å². The van der Waals surface area contributed by atoms with Gasteiger partial charge in [0.15, 0.2) is 5.05 Å². The minimum absolute atomic E-state index is 0. The first-order chi connectivity index (χ1) is 42.2. The largest absolute Gasteiger partial charge is 1.00 e. The molecule has 0 spiro atoms. The van der Waals surface area contributed by atoms with Crippen LogP contribution in [-0.2, 0) is 57.3 Å². The zero-order valence-electron chi connectivity index (χ0n) is 74.8. The molecule has 0 aromatic rings. The topological polar surface area (TPSA) is 346 Å². The van der Waals surface area contributed by atoms with Gasteiger partial charge in [-0.15, -0.1) is 22.6 Å². The number of aliphatic hydroxyl groups is 2. The summed E-state index contributed by atoms with van der Waals surface area (Å²) in [6.45, 7) is 71.7. The zero-order valence-corrected chi connectivity index (χ0v) is 88.3. The van der Waals surface area contributed by atoms with E-state index in [0.29, 0.717) is 12.0 Å². The molecule has 0 bridgehead atoms. The molecular weight excluding hydrogens is 1510 g/mol. The minimum Gasteiger partial charge on any atom is -1.00 e. The molecule has 0 aliphatic carbocycles. The third-order valence-electron chi connectivity index (χ3n) is 2.72. The molecule has 0 heterocycles. The first-order valence-electron chi connectivity index (χ1n) is 30.7. The second kappa shape index (κ2) is 351. The molecule has 593 valence electrons. The number of hydrogen-bond acceptors (Lipinski definition) is 21. The van der Waals surface area contributed by atoms with Gasteiger partial charge in [-0.3, -0.25) is 19.2 Å². The van der Waals surface area contributed by atoms with Crippen LogP contribution in [0.5, 0.6) is 0 Å². The maximum Gasteiger partial charge on any atom is 1.00 e. The van der Waals surface area contributed by atoms with Crippen molar-refractivity contribution in [3.63, 3.8) is 0 Å². The van der Waals surface area contributed by atoms with Crippen LogP contribution in [0.4, 0.5) is 8.78 Å². The minimum atomic E-state index is -2.96. The third-order valence-corrected chi connectivity index (χ3v) is 2.88. The summed E-state index contributed by atoms with van der Waals surface area (Å²) < 4.78 is 43.3. The molecule has 0 amide bonds. The number of carboxylic acid groups (broad SMARTS) is 1. The van der Waals surface area contributed by atoms with E-state index in [0.717, 1.165) is 45.7 Å². The standard InChI is InChI=1S/C4H9O.C4H10.2C4H8.C3H6F2O.2C3H6O2.C3H6OS.C3H8O.C3H8.C2H5Br.C2H4O2.C2H6O.2C2H4O.8C2H6.2CH5BO2.CH2O3.CH4O.B.BrH.3K.Na.2H/c1-4(2,3)5;3*1-3-4-2;1-3(4,5)6-2;2*1-3(4)5-2;1-3(5)4-2;1-3-4-2;1-3-2;1-2-3;1-2(3)4;3*1-2-3;8*1-2;2*1-2(3)4;2-1-4-3;1-2;;;;;;;;/h1-3H3;3-4H2,1-2H3;2*3-4H,1-2H3;1-2H3;3*1-2H3;3H2,1-2H3;3H2,1-2H3;2H2,1H3;1H3,(H,3,4);3H,2H2,1H3;2*2H,1H3;8*1-2H3;2*3-4H,1H3;1,3H;2H,1H3;;1H;;;;;;/q-1;;;;;;;;;;;;;;;;;;;;;;;;;;;;;4*+1;2*-1/p-1. The molecule has 0 saturated carbocycles. The van der Waals surface area contributed by atoms with Crippen molar-refractivity contribution >= 4 is 110 Å². The van der Waals surface area contributed by atoms with E-state index in [1.54, 1.807) is 48.8 Å². The monoisotopic (exact) mass is 1670 g/mol. The molecule has 33 heteroatoms. The summed E-state index contributed by atoms with van der Waals surface area (Å²) in [6.07, 6.45) is 10.4. The number of ether oxygens (including phenoxy) is 5. The summed E-state index contributed by atoms with van der Waals surface area (Å²) in [7, 11) is 5.56. The van der Waals surface area contributed by atoms with Crippen molar-refractivity contribution in [3.8, 4) is 0 Å². The molecule has 0 aliphatic heterocycles. The van der Waals surface area contributed by atoms with Gasteiger partial charge < -0.3 is 86.8 Å². The average Bonchev–Trinajstić information content (AvgIpc) is 3.52. The summed E-state index contributed by atoms with van der Waals surface area (Å²) in [5.74, 6) is -1.32. The van der Waals surface area contributed by atoms with E-state index < -0.39 is 31.9 Å². The fourth-order valence-electron chi connectivity index (χ4n) is 0.